The lowest BCUT2D eigenvalue weighted by Gasteiger charge is -2.21. The van der Waals surface area contributed by atoms with E-state index >= 15 is 0 Å². The number of hydrogen-bond donors (Lipinski definition) is 0. The molecule has 0 N–H and O–H groups in total. The molecule has 13 heavy (non-hydrogen) atoms. The van der Waals surface area contributed by atoms with Gasteiger partial charge >= 0.3 is 6.98 Å². The lowest BCUT2D eigenvalue weighted by atomic mass is 9.75. The summed E-state index contributed by atoms with van der Waals surface area (Å²) in [4.78, 5) is 4.26. The molecule has 0 unspecified atom stereocenters. The van der Waals surface area contributed by atoms with Crippen molar-refractivity contribution in [2.24, 2.45) is 0 Å². The highest BCUT2D eigenvalue weighted by Gasteiger charge is 2.18. The second-order valence-electron chi connectivity index (χ2n) is 4.82. The van der Waals surface area contributed by atoms with E-state index in [9.17, 15) is 0 Å². The Bertz CT molecular complexity index is 202. The molecule has 74 valence electrons. The van der Waals surface area contributed by atoms with Gasteiger partial charge in [0.1, 0.15) is 8.07 Å². The van der Waals surface area contributed by atoms with Crippen molar-refractivity contribution in [1.29, 1.82) is 0 Å². The Kier molecular flexibility index (Phi) is 4.76. The minimum Gasteiger partial charge on any atom is -0.323 e. The van der Waals surface area contributed by atoms with Crippen molar-refractivity contribution in [3.63, 3.8) is 0 Å². The van der Waals surface area contributed by atoms with Gasteiger partial charge in [0.25, 0.3) is 0 Å². The number of rotatable bonds is 2. The van der Waals surface area contributed by atoms with Crippen LogP contribution < -0.4 is 0 Å². The van der Waals surface area contributed by atoms with Gasteiger partial charge in [0.05, 0.1) is 0 Å². The Balaban J connectivity index is 4.49. The van der Waals surface area contributed by atoms with Gasteiger partial charge in [0, 0.05) is 0 Å². The Morgan fingerprint density at radius 3 is 1.54 bits per heavy atom. The molecule has 0 bridgehead atoms. The third-order valence-corrected chi connectivity index (χ3v) is 2.45. The highest BCUT2D eigenvalue weighted by molar-refractivity contribution is 6.85. The zero-order valence-corrected chi connectivity index (χ0v) is 11.0. The van der Waals surface area contributed by atoms with Crippen LogP contribution in [0.2, 0.25) is 19.6 Å². The smallest absolute Gasteiger partial charge is 0.323 e. The van der Waals surface area contributed by atoms with Crippen molar-refractivity contribution < 1.29 is 0 Å². The molecular formula is C9H21BN2Si. The summed E-state index contributed by atoms with van der Waals surface area (Å²) in [5.74, 6) is 3.32. The van der Waals surface area contributed by atoms with Crippen molar-refractivity contribution in [1.82, 2.24) is 9.62 Å². The first-order valence-electron chi connectivity index (χ1n) is 4.59. The third-order valence-electron chi connectivity index (χ3n) is 1.55. The zero-order chi connectivity index (χ0) is 10.6. The minimum atomic E-state index is -1.23. The molecule has 0 aliphatic carbocycles. The molecule has 0 aliphatic rings. The Labute approximate surface area is 84.4 Å². The van der Waals surface area contributed by atoms with Crippen LogP contribution in [0.1, 0.15) is 0 Å². The van der Waals surface area contributed by atoms with E-state index in [4.69, 9.17) is 0 Å². The van der Waals surface area contributed by atoms with Crippen LogP contribution in [0.5, 0.6) is 0 Å². The van der Waals surface area contributed by atoms with Crippen LogP contribution in [-0.2, 0) is 0 Å². The first-order chi connectivity index (χ1) is 5.74. The maximum atomic E-state index is 3.39. The van der Waals surface area contributed by atoms with Crippen LogP contribution in [-0.4, -0.2) is 52.9 Å². The van der Waals surface area contributed by atoms with E-state index in [1.807, 2.05) is 0 Å². The third kappa shape index (κ3) is 5.92. The molecule has 0 aromatic heterocycles. The lowest BCUT2D eigenvalue weighted by Crippen LogP contribution is -2.45. The molecule has 4 heteroatoms. The van der Waals surface area contributed by atoms with Gasteiger partial charge in [-0.3, -0.25) is 0 Å². The van der Waals surface area contributed by atoms with E-state index in [-0.39, 0.29) is 6.98 Å². The molecule has 0 amide bonds. The first kappa shape index (κ1) is 12.8. The average molecular weight is 196 g/mol. The number of hydrogen-bond acceptors (Lipinski definition) is 2. The van der Waals surface area contributed by atoms with E-state index in [1.54, 1.807) is 0 Å². The molecule has 0 aromatic rings. The Morgan fingerprint density at radius 1 is 0.923 bits per heavy atom. The van der Waals surface area contributed by atoms with Gasteiger partial charge in [-0.25, -0.2) is 0 Å². The molecular weight excluding hydrogens is 175 g/mol. The van der Waals surface area contributed by atoms with Crippen LogP contribution in [0.3, 0.4) is 0 Å². The largest absolute Gasteiger partial charge is 0.398 e. The zero-order valence-electron chi connectivity index (χ0n) is 9.97. The molecule has 0 rings (SSSR count). The van der Waals surface area contributed by atoms with Crippen LogP contribution in [0.4, 0.5) is 0 Å². The van der Waals surface area contributed by atoms with Crippen LogP contribution in [0.15, 0.2) is 0 Å². The Morgan fingerprint density at radius 2 is 1.31 bits per heavy atom. The molecule has 0 saturated heterocycles. The molecule has 0 atom stereocenters. The molecule has 0 fully saturated rings. The summed E-state index contributed by atoms with van der Waals surface area (Å²) in [6.45, 7) is 7.04. The fourth-order valence-electron chi connectivity index (χ4n) is 1.00. The van der Waals surface area contributed by atoms with E-state index in [2.05, 4.69) is 68.8 Å². The van der Waals surface area contributed by atoms with Gasteiger partial charge < -0.3 is 9.62 Å². The lowest BCUT2D eigenvalue weighted by molar-refractivity contribution is 0.532. The van der Waals surface area contributed by atoms with Gasteiger partial charge in [-0.1, -0.05) is 19.6 Å². The minimum absolute atomic E-state index is 0.242. The van der Waals surface area contributed by atoms with E-state index in [0.717, 1.165) is 0 Å². The molecule has 0 radical (unpaired) electrons. The molecule has 2 nitrogen and oxygen atoms in total. The topological polar surface area (TPSA) is 6.48 Å². The molecule has 0 spiro atoms. The Hall–Kier alpha value is -0.238. The second kappa shape index (κ2) is 4.85. The van der Waals surface area contributed by atoms with E-state index < -0.39 is 8.07 Å². The van der Waals surface area contributed by atoms with Crippen molar-refractivity contribution in [2.75, 3.05) is 28.2 Å². The highest BCUT2D eigenvalue weighted by atomic mass is 28.3. The summed E-state index contributed by atoms with van der Waals surface area (Å²) in [7, 11) is 7.01. The highest BCUT2D eigenvalue weighted by Crippen LogP contribution is 1.98. The maximum Gasteiger partial charge on any atom is 0.398 e. The predicted molar refractivity (Wildman–Crippen MR) is 64.3 cm³/mol. The summed E-state index contributed by atoms with van der Waals surface area (Å²) in [6.07, 6.45) is 0. The first-order valence-corrected chi connectivity index (χ1v) is 8.09. The maximum absolute atomic E-state index is 3.39. The summed E-state index contributed by atoms with van der Waals surface area (Å²) in [6, 6.07) is 0. The van der Waals surface area contributed by atoms with Gasteiger partial charge in [0.2, 0.25) is 0 Å². The number of nitrogens with zero attached hydrogens (tertiary/aromatic N) is 2. The van der Waals surface area contributed by atoms with Gasteiger partial charge in [0.15, 0.2) is 0 Å². The quantitative estimate of drug-likeness (QED) is 0.480. The van der Waals surface area contributed by atoms with Crippen molar-refractivity contribution in [3.05, 3.63) is 0 Å². The van der Waals surface area contributed by atoms with E-state index in [1.165, 1.54) is 0 Å². The summed E-state index contributed by atoms with van der Waals surface area (Å²) in [5.41, 5.74) is 3.39. The van der Waals surface area contributed by atoms with Gasteiger partial charge in [-0.2, -0.15) is 0 Å². The van der Waals surface area contributed by atoms with Gasteiger partial charge in [-0.15, -0.1) is 11.4 Å². The SMILES string of the molecule is CN(C)B(C#C[Si](C)(C)C)N(C)C. The summed E-state index contributed by atoms with van der Waals surface area (Å²) < 4.78 is 0. The fourth-order valence-corrected chi connectivity index (χ4v) is 1.56. The summed E-state index contributed by atoms with van der Waals surface area (Å²) in [5, 5.41) is 0. The fraction of sp³-hybridized carbons (Fsp3) is 0.778. The standard InChI is InChI=1S/C9H21BN2Si/c1-11(2)10(12(3)4)8-9-13(5,6)7/h1-7H3. The predicted octanol–water partition coefficient (Wildman–Crippen LogP) is 1.02. The molecule has 0 aromatic carbocycles. The van der Waals surface area contributed by atoms with E-state index in [0.29, 0.717) is 0 Å². The van der Waals surface area contributed by atoms with Crippen molar-refractivity contribution in [3.8, 4) is 11.4 Å². The van der Waals surface area contributed by atoms with Crippen molar-refractivity contribution >= 4 is 15.1 Å². The van der Waals surface area contributed by atoms with Gasteiger partial charge in [-0.05, 0) is 28.2 Å². The second-order valence-corrected chi connectivity index (χ2v) is 9.57. The van der Waals surface area contributed by atoms with Crippen LogP contribution in [0.25, 0.3) is 0 Å². The molecule has 0 aliphatic heterocycles. The van der Waals surface area contributed by atoms with Crippen LogP contribution >= 0.6 is 0 Å². The normalized spacial score (nSPS) is 11.5. The summed E-state index contributed by atoms with van der Waals surface area (Å²) >= 11 is 0. The molecule has 0 heterocycles. The van der Waals surface area contributed by atoms with Crippen LogP contribution in [0, 0.1) is 11.4 Å². The average Bonchev–Trinajstić information content (AvgIpc) is 1.82. The molecule has 0 saturated carbocycles. The monoisotopic (exact) mass is 196 g/mol. The van der Waals surface area contributed by atoms with Crippen molar-refractivity contribution in [2.45, 2.75) is 19.6 Å².